The minimum absolute atomic E-state index is 0.0646. The van der Waals surface area contributed by atoms with Gasteiger partial charge in [0.25, 0.3) is 5.91 Å². The summed E-state index contributed by atoms with van der Waals surface area (Å²) in [5.74, 6) is 0.293. The van der Waals surface area contributed by atoms with E-state index in [4.69, 9.17) is 9.88 Å². The number of nitrogens with two attached hydrogens (primary N) is 1. The summed E-state index contributed by atoms with van der Waals surface area (Å²) in [6.07, 6.45) is 0.559. The Bertz CT molecular complexity index is 1070. The fraction of sp³-hybridized carbons (Fsp3) is 0.136. The molecule has 0 aliphatic carbocycles. The normalized spacial score (nSPS) is 11.1. The highest BCUT2D eigenvalue weighted by atomic mass is 32.2. The molecule has 0 aromatic heterocycles. The van der Waals surface area contributed by atoms with Crippen LogP contribution in [0.1, 0.15) is 21.5 Å². The molecule has 29 heavy (non-hydrogen) atoms. The smallest absolute Gasteiger partial charge is 0.255 e. The number of hydrogen-bond acceptors (Lipinski definition) is 4. The molecule has 0 spiro atoms. The molecule has 0 atom stereocenters. The van der Waals surface area contributed by atoms with E-state index in [0.29, 0.717) is 30.9 Å². The van der Waals surface area contributed by atoms with Crippen LogP contribution in [0.25, 0.3) is 0 Å². The van der Waals surface area contributed by atoms with Crippen molar-refractivity contribution in [3.05, 3.63) is 95.6 Å². The molecule has 0 saturated carbocycles. The molecule has 0 fully saturated rings. The molecule has 3 N–H and O–H groups in total. The minimum atomic E-state index is -3.70. The number of benzene rings is 3. The van der Waals surface area contributed by atoms with E-state index in [2.05, 4.69) is 5.32 Å². The van der Waals surface area contributed by atoms with Crippen molar-refractivity contribution >= 4 is 15.9 Å². The first-order valence-electron chi connectivity index (χ1n) is 9.09. The van der Waals surface area contributed by atoms with E-state index in [1.165, 1.54) is 12.1 Å². The lowest BCUT2D eigenvalue weighted by Crippen LogP contribution is -2.26. The van der Waals surface area contributed by atoms with Gasteiger partial charge in [0.15, 0.2) is 0 Å². The number of amides is 1. The third-order valence-corrected chi connectivity index (χ3v) is 5.25. The molecule has 3 aromatic rings. The fourth-order valence-electron chi connectivity index (χ4n) is 2.78. The molecule has 7 heteroatoms. The van der Waals surface area contributed by atoms with Crippen molar-refractivity contribution < 1.29 is 17.9 Å². The summed E-state index contributed by atoms with van der Waals surface area (Å²) < 4.78 is 28.4. The van der Waals surface area contributed by atoms with Crippen LogP contribution >= 0.6 is 0 Å². The molecule has 0 bridgehead atoms. The SMILES string of the molecule is NS(=O)(=O)c1ccc(CCNC(=O)c2ccccc2OCc2ccccc2)cc1. The van der Waals surface area contributed by atoms with Gasteiger partial charge in [0.05, 0.1) is 10.5 Å². The average molecular weight is 410 g/mol. The fourth-order valence-corrected chi connectivity index (χ4v) is 3.29. The molecule has 0 saturated heterocycles. The highest BCUT2D eigenvalue weighted by molar-refractivity contribution is 7.89. The van der Waals surface area contributed by atoms with Crippen LogP contribution in [0, 0.1) is 0 Å². The molecule has 0 radical (unpaired) electrons. The average Bonchev–Trinajstić information content (AvgIpc) is 2.73. The second-order valence-corrected chi connectivity index (χ2v) is 8.03. The highest BCUT2D eigenvalue weighted by Gasteiger charge is 2.12. The van der Waals surface area contributed by atoms with Gasteiger partial charge in [0.2, 0.25) is 10.0 Å². The summed E-state index contributed by atoms with van der Waals surface area (Å²) in [4.78, 5) is 12.6. The second kappa shape index (κ2) is 9.36. The third-order valence-electron chi connectivity index (χ3n) is 4.32. The summed E-state index contributed by atoms with van der Waals surface area (Å²) in [6, 6.07) is 23.1. The van der Waals surface area contributed by atoms with E-state index < -0.39 is 10.0 Å². The molecular formula is C22H22N2O4S. The van der Waals surface area contributed by atoms with Crippen LogP contribution in [0.3, 0.4) is 0 Å². The van der Waals surface area contributed by atoms with Crippen LogP contribution in [0.5, 0.6) is 5.75 Å². The maximum atomic E-state index is 12.6. The number of carbonyl (C=O) groups excluding carboxylic acids is 1. The van der Waals surface area contributed by atoms with E-state index >= 15 is 0 Å². The van der Waals surface area contributed by atoms with Gasteiger partial charge in [-0.1, -0.05) is 54.6 Å². The summed E-state index contributed by atoms with van der Waals surface area (Å²) in [7, 11) is -3.70. The Balaban J connectivity index is 1.57. The van der Waals surface area contributed by atoms with Crippen LogP contribution in [0.15, 0.2) is 83.8 Å². The largest absolute Gasteiger partial charge is 0.488 e. The Labute approximate surface area is 170 Å². The summed E-state index contributed by atoms with van der Waals surface area (Å²) in [5.41, 5.74) is 2.38. The summed E-state index contributed by atoms with van der Waals surface area (Å²) >= 11 is 0. The molecule has 3 rings (SSSR count). The predicted octanol–water partition coefficient (Wildman–Crippen LogP) is 2.89. The zero-order valence-electron chi connectivity index (χ0n) is 15.7. The van der Waals surface area contributed by atoms with Crippen LogP contribution in [0.2, 0.25) is 0 Å². The summed E-state index contributed by atoms with van der Waals surface area (Å²) in [6.45, 7) is 0.780. The Morgan fingerprint density at radius 1 is 0.862 bits per heavy atom. The molecule has 3 aromatic carbocycles. The predicted molar refractivity (Wildman–Crippen MR) is 111 cm³/mol. The van der Waals surface area contributed by atoms with Crippen molar-refractivity contribution in [3.8, 4) is 5.75 Å². The van der Waals surface area contributed by atoms with Crippen molar-refractivity contribution in [2.75, 3.05) is 6.54 Å². The Kier molecular flexibility index (Phi) is 6.64. The van der Waals surface area contributed by atoms with Crippen LogP contribution in [0.4, 0.5) is 0 Å². The highest BCUT2D eigenvalue weighted by Crippen LogP contribution is 2.19. The lowest BCUT2D eigenvalue weighted by Gasteiger charge is -2.12. The lowest BCUT2D eigenvalue weighted by molar-refractivity contribution is 0.0949. The topological polar surface area (TPSA) is 98.5 Å². The zero-order chi connectivity index (χ0) is 20.7. The third kappa shape index (κ3) is 5.91. The number of carbonyl (C=O) groups is 1. The Morgan fingerprint density at radius 2 is 1.52 bits per heavy atom. The number of para-hydroxylation sites is 1. The van der Waals surface area contributed by atoms with Gasteiger partial charge in [0, 0.05) is 6.54 Å². The number of ether oxygens (including phenoxy) is 1. The number of nitrogens with one attached hydrogen (secondary N) is 1. The van der Waals surface area contributed by atoms with Gasteiger partial charge in [0.1, 0.15) is 12.4 Å². The number of hydrogen-bond donors (Lipinski definition) is 2. The van der Waals surface area contributed by atoms with Gasteiger partial charge in [-0.2, -0.15) is 0 Å². The van der Waals surface area contributed by atoms with Crippen molar-refractivity contribution in [3.63, 3.8) is 0 Å². The van der Waals surface area contributed by atoms with Gasteiger partial charge < -0.3 is 10.1 Å². The van der Waals surface area contributed by atoms with Gasteiger partial charge >= 0.3 is 0 Å². The first-order valence-corrected chi connectivity index (χ1v) is 10.6. The minimum Gasteiger partial charge on any atom is -0.488 e. The van der Waals surface area contributed by atoms with Gasteiger partial charge in [-0.05, 0) is 41.8 Å². The van der Waals surface area contributed by atoms with Crippen LogP contribution in [-0.4, -0.2) is 20.9 Å². The first-order chi connectivity index (χ1) is 13.9. The van der Waals surface area contributed by atoms with Gasteiger partial charge in [-0.3, -0.25) is 4.79 Å². The van der Waals surface area contributed by atoms with Crippen molar-refractivity contribution in [1.82, 2.24) is 5.32 Å². The molecule has 0 aliphatic rings. The molecule has 0 unspecified atom stereocenters. The standard InChI is InChI=1S/C22H22N2O4S/c23-29(26,27)19-12-10-17(11-13-19)14-15-24-22(25)20-8-4-5-9-21(20)28-16-18-6-2-1-3-7-18/h1-13H,14-16H2,(H,24,25)(H2,23,26,27). The van der Waals surface area contributed by atoms with E-state index in [1.54, 1.807) is 30.3 Å². The van der Waals surface area contributed by atoms with Crippen molar-refractivity contribution in [2.45, 2.75) is 17.9 Å². The molecule has 0 aliphatic heterocycles. The lowest BCUT2D eigenvalue weighted by atomic mass is 10.1. The van der Waals surface area contributed by atoms with E-state index in [1.807, 2.05) is 36.4 Å². The molecule has 6 nitrogen and oxygen atoms in total. The molecular weight excluding hydrogens is 388 g/mol. The maximum Gasteiger partial charge on any atom is 0.255 e. The second-order valence-electron chi connectivity index (χ2n) is 6.47. The summed E-state index contributed by atoms with van der Waals surface area (Å²) in [5, 5.41) is 7.96. The first kappa shape index (κ1) is 20.6. The van der Waals surface area contributed by atoms with Gasteiger partial charge in [-0.15, -0.1) is 0 Å². The Morgan fingerprint density at radius 3 is 2.21 bits per heavy atom. The van der Waals surface area contributed by atoms with E-state index in [9.17, 15) is 13.2 Å². The Hall–Kier alpha value is -3.16. The maximum absolute atomic E-state index is 12.6. The van der Waals surface area contributed by atoms with Crippen molar-refractivity contribution in [1.29, 1.82) is 0 Å². The monoisotopic (exact) mass is 410 g/mol. The van der Waals surface area contributed by atoms with Gasteiger partial charge in [-0.25, -0.2) is 13.6 Å². The van der Waals surface area contributed by atoms with Crippen LogP contribution in [-0.2, 0) is 23.1 Å². The number of rotatable bonds is 8. The van der Waals surface area contributed by atoms with Crippen LogP contribution < -0.4 is 15.2 Å². The molecule has 150 valence electrons. The molecule has 0 heterocycles. The van der Waals surface area contributed by atoms with Crippen molar-refractivity contribution in [2.24, 2.45) is 5.14 Å². The number of sulfonamides is 1. The van der Waals surface area contributed by atoms with E-state index in [0.717, 1.165) is 11.1 Å². The number of primary sulfonamides is 1. The quantitative estimate of drug-likeness (QED) is 0.596. The van der Waals surface area contributed by atoms with E-state index in [-0.39, 0.29) is 10.8 Å². The molecule has 1 amide bonds. The zero-order valence-corrected chi connectivity index (χ0v) is 16.6.